The van der Waals surface area contributed by atoms with Gasteiger partial charge in [-0.25, -0.2) is 4.39 Å². The summed E-state index contributed by atoms with van der Waals surface area (Å²) in [5.41, 5.74) is 0.767. The minimum Gasteiger partial charge on any atom is -0.480 e. The minimum atomic E-state index is -0.920. The average Bonchev–Trinajstić information content (AvgIpc) is 2.36. The van der Waals surface area contributed by atoms with Gasteiger partial charge in [0.25, 0.3) is 0 Å². The molecule has 19 heavy (non-hydrogen) atoms. The number of hydrogen-bond acceptors (Lipinski definition) is 3. The van der Waals surface area contributed by atoms with Crippen molar-refractivity contribution < 1.29 is 19.0 Å². The van der Waals surface area contributed by atoms with Crippen molar-refractivity contribution in [1.82, 2.24) is 4.90 Å². The number of halogens is 2. The Morgan fingerprint density at radius 1 is 1.58 bits per heavy atom. The van der Waals surface area contributed by atoms with Gasteiger partial charge in [-0.1, -0.05) is 17.7 Å². The Morgan fingerprint density at radius 3 is 2.79 bits per heavy atom. The Kier molecular flexibility index (Phi) is 6.21. The highest BCUT2D eigenvalue weighted by Gasteiger charge is 2.19. The van der Waals surface area contributed by atoms with Crippen LogP contribution in [0.25, 0.3) is 0 Å². The van der Waals surface area contributed by atoms with Crippen molar-refractivity contribution in [2.45, 2.75) is 13.0 Å². The zero-order chi connectivity index (χ0) is 14.4. The smallest absolute Gasteiger partial charge is 0.317 e. The highest BCUT2D eigenvalue weighted by atomic mass is 35.5. The van der Waals surface area contributed by atoms with E-state index in [0.717, 1.165) is 5.56 Å². The number of hydrogen-bond donors (Lipinski definition) is 1. The van der Waals surface area contributed by atoms with Crippen molar-refractivity contribution in [2.24, 2.45) is 0 Å². The van der Waals surface area contributed by atoms with Crippen LogP contribution in [0.15, 0.2) is 18.2 Å². The molecule has 0 amide bonds. The third kappa shape index (κ3) is 4.78. The van der Waals surface area contributed by atoms with Gasteiger partial charge < -0.3 is 9.84 Å². The summed E-state index contributed by atoms with van der Waals surface area (Å²) < 4.78 is 18.1. The fraction of sp³-hybridized carbons (Fsp3) is 0.462. The predicted molar refractivity (Wildman–Crippen MR) is 70.9 cm³/mol. The fourth-order valence-electron chi connectivity index (χ4n) is 1.77. The molecule has 0 saturated carbocycles. The van der Waals surface area contributed by atoms with Gasteiger partial charge in [-0.2, -0.15) is 0 Å². The molecule has 1 atom stereocenters. The molecule has 0 aromatic heterocycles. The number of rotatable bonds is 7. The van der Waals surface area contributed by atoms with E-state index in [-0.39, 0.29) is 17.6 Å². The number of benzene rings is 1. The van der Waals surface area contributed by atoms with E-state index in [2.05, 4.69) is 0 Å². The molecule has 1 unspecified atom stereocenters. The molecular formula is C13H17ClFNO3. The second kappa shape index (κ2) is 7.43. The van der Waals surface area contributed by atoms with Crippen LogP contribution >= 0.6 is 11.6 Å². The van der Waals surface area contributed by atoms with E-state index in [1.54, 1.807) is 18.1 Å². The quantitative estimate of drug-likeness (QED) is 0.838. The lowest BCUT2D eigenvalue weighted by Gasteiger charge is -2.27. The first-order valence-electron chi connectivity index (χ1n) is 5.85. The number of nitrogens with zero attached hydrogens (tertiary/aromatic N) is 1. The Bertz CT molecular complexity index is 442. The molecule has 0 saturated heterocycles. The van der Waals surface area contributed by atoms with Gasteiger partial charge >= 0.3 is 5.97 Å². The molecule has 6 heteroatoms. The van der Waals surface area contributed by atoms with E-state index < -0.39 is 11.8 Å². The first kappa shape index (κ1) is 15.9. The van der Waals surface area contributed by atoms with Gasteiger partial charge in [-0.3, -0.25) is 9.69 Å². The Hall–Kier alpha value is -1.17. The fourth-order valence-corrected chi connectivity index (χ4v) is 1.96. The van der Waals surface area contributed by atoms with Crippen LogP contribution in [0.2, 0.25) is 5.02 Å². The first-order chi connectivity index (χ1) is 8.95. The summed E-state index contributed by atoms with van der Waals surface area (Å²) in [6.45, 7) is 2.63. The molecule has 1 N–H and O–H groups in total. The van der Waals surface area contributed by atoms with E-state index in [1.165, 1.54) is 12.1 Å². The SMILES string of the molecule is COCCN(CC(=O)O)C(C)c1ccc(F)c(Cl)c1. The van der Waals surface area contributed by atoms with Crippen molar-refractivity contribution in [3.63, 3.8) is 0 Å². The Morgan fingerprint density at radius 2 is 2.26 bits per heavy atom. The number of aliphatic carboxylic acids is 1. The van der Waals surface area contributed by atoms with Crippen LogP contribution in [-0.4, -0.2) is 42.8 Å². The maximum Gasteiger partial charge on any atom is 0.317 e. The number of methoxy groups -OCH3 is 1. The minimum absolute atomic E-state index is 0.0337. The molecule has 106 valence electrons. The molecule has 1 rings (SSSR count). The monoisotopic (exact) mass is 289 g/mol. The van der Waals surface area contributed by atoms with E-state index in [4.69, 9.17) is 21.4 Å². The lowest BCUT2D eigenvalue weighted by atomic mass is 10.1. The first-order valence-corrected chi connectivity index (χ1v) is 6.23. The number of carboxylic acid groups (broad SMARTS) is 1. The highest BCUT2D eigenvalue weighted by molar-refractivity contribution is 6.30. The molecule has 0 bridgehead atoms. The predicted octanol–water partition coefficient (Wildman–Crippen LogP) is 2.57. The topological polar surface area (TPSA) is 49.8 Å². The molecule has 0 aliphatic rings. The molecule has 1 aromatic carbocycles. The van der Waals surface area contributed by atoms with Crippen LogP contribution in [-0.2, 0) is 9.53 Å². The average molecular weight is 290 g/mol. The second-order valence-electron chi connectivity index (χ2n) is 4.21. The number of carboxylic acids is 1. The van der Waals surface area contributed by atoms with Crippen molar-refractivity contribution >= 4 is 17.6 Å². The van der Waals surface area contributed by atoms with Gasteiger partial charge in [-0.15, -0.1) is 0 Å². The Balaban J connectivity index is 2.86. The molecule has 0 aliphatic carbocycles. The molecule has 0 aliphatic heterocycles. The van der Waals surface area contributed by atoms with Crippen LogP contribution < -0.4 is 0 Å². The second-order valence-corrected chi connectivity index (χ2v) is 4.61. The molecular weight excluding hydrogens is 273 g/mol. The lowest BCUT2D eigenvalue weighted by molar-refractivity contribution is -0.139. The molecule has 0 radical (unpaired) electrons. The summed E-state index contributed by atoms with van der Waals surface area (Å²) >= 11 is 5.74. The molecule has 0 heterocycles. The summed E-state index contributed by atoms with van der Waals surface area (Å²) in [5, 5.41) is 8.94. The van der Waals surface area contributed by atoms with Crippen LogP contribution in [0.5, 0.6) is 0 Å². The van der Waals surface area contributed by atoms with Crippen LogP contribution in [0, 0.1) is 5.82 Å². The highest BCUT2D eigenvalue weighted by Crippen LogP contribution is 2.24. The number of carbonyl (C=O) groups is 1. The third-order valence-corrected chi connectivity index (χ3v) is 3.18. The van der Waals surface area contributed by atoms with E-state index in [1.807, 2.05) is 6.92 Å². The lowest BCUT2D eigenvalue weighted by Crippen LogP contribution is -2.35. The van der Waals surface area contributed by atoms with E-state index >= 15 is 0 Å². The zero-order valence-corrected chi connectivity index (χ0v) is 11.7. The largest absolute Gasteiger partial charge is 0.480 e. The van der Waals surface area contributed by atoms with Crippen molar-refractivity contribution in [2.75, 3.05) is 26.8 Å². The summed E-state index contributed by atoms with van der Waals surface area (Å²) in [5.74, 6) is -1.41. The van der Waals surface area contributed by atoms with Gasteiger partial charge in [0, 0.05) is 19.7 Å². The molecule has 1 aromatic rings. The van der Waals surface area contributed by atoms with Crippen LogP contribution in [0.4, 0.5) is 4.39 Å². The molecule has 0 fully saturated rings. The van der Waals surface area contributed by atoms with Gasteiger partial charge in [0.15, 0.2) is 0 Å². The summed E-state index contributed by atoms with van der Waals surface area (Å²) in [7, 11) is 1.55. The number of ether oxygens (including phenoxy) is 1. The maximum absolute atomic E-state index is 13.1. The van der Waals surface area contributed by atoms with Crippen molar-refractivity contribution in [3.8, 4) is 0 Å². The summed E-state index contributed by atoms with van der Waals surface area (Å²) in [6, 6.07) is 4.21. The van der Waals surface area contributed by atoms with Crippen molar-refractivity contribution in [3.05, 3.63) is 34.6 Å². The normalized spacial score (nSPS) is 12.7. The van der Waals surface area contributed by atoms with Gasteiger partial charge in [0.2, 0.25) is 0 Å². The van der Waals surface area contributed by atoms with Gasteiger partial charge in [-0.05, 0) is 24.6 Å². The summed E-state index contributed by atoms with van der Waals surface area (Å²) in [6.07, 6.45) is 0. The van der Waals surface area contributed by atoms with Gasteiger partial charge in [0.05, 0.1) is 18.2 Å². The molecule has 0 spiro atoms. The van der Waals surface area contributed by atoms with Crippen LogP contribution in [0.1, 0.15) is 18.5 Å². The van der Waals surface area contributed by atoms with Crippen LogP contribution in [0.3, 0.4) is 0 Å². The molecule has 4 nitrogen and oxygen atoms in total. The zero-order valence-electron chi connectivity index (χ0n) is 10.9. The van der Waals surface area contributed by atoms with E-state index in [0.29, 0.717) is 13.2 Å². The van der Waals surface area contributed by atoms with Gasteiger partial charge in [0.1, 0.15) is 5.82 Å². The Labute approximate surface area is 116 Å². The van der Waals surface area contributed by atoms with E-state index in [9.17, 15) is 9.18 Å². The maximum atomic E-state index is 13.1. The summed E-state index contributed by atoms with van der Waals surface area (Å²) in [4.78, 5) is 12.6. The standard InChI is InChI=1S/C13H17ClFNO3/c1-9(10-3-4-12(15)11(14)7-10)16(5-6-19-2)8-13(17)18/h3-4,7,9H,5-6,8H2,1-2H3,(H,17,18). The third-order valence-electron chi connectivity index (χ3n) is 2.89. The van der Waals surface area contributed by atoms with Crippen molar-refractivity contribution in [1.29, 1.82) is 0 Å².